The lowest BCUT2D eigenvalue weighted by molar-refractivity contribution is 0.629. The third-order valence-corrected chi connectivity index (χ3v) is 3.66. The highest BCUT2D eigenvalue weighted by Crippen LogP contribution is 2.20. The van der Waals surface area contributed by atoms with E-state index in [1.165, 1.54) is 18.5 Å². The highest BCUT2D eigenvalue weighted by Gasteiger charge is 2.07. The fourth-order valence-corrected chi connectivity index (χ4v) is 2.59. The first-order valence-corrected chi connectivity index (χ1v) is 6.95. The average Bonchev–Trinajstić information content (AvgIpc) is 3.14. The number of aromatic amines is 2. The van der Waals surface area contributed by atoms with Crippen LogP contribution in [0.5, 0.6) is 0 Å². The molecule has 0 fully saturated rings. The van der Waals surface area contributed by atoms with Crippen molar-refractivity contribution in [3.8, 4) is 0 Å². The summed E-state index contributed by atoms with van der Waals surface area (Å²) >= 11 is 0. The molecule has 3 N–H and O–H groups in total. The molecule has 0 saturated carbocycles. The van der Waals surface area contributed by atoms with Gasteiger partial charge in [-0.2, -0.15) is 5.10 Å². The van der Waals surface area contributed by atoms with Crippen molar-refractivity contribution in [2.24, 2.45) is 0 Å². The molecule has 3 heterocycles. The van der Waals surface area contributed by atoms with Crippen molar-refractivity contribution in [1.82, 2.24) is 25.1 Å². The predicted octanol–water partition coefficient (Wildman–Crippen LogP) is 2.63. The zero-order chi connectivity index (χ0) is 14.9. The Morgan fingerprint density at radius 2 is 2.14 bits per heavy atom. The lowest BCUT2D eigenvalue weighted by atomic mass is 10.1. The molecule has 0 saturated heterocycles. The molecule has 0 aliphatic carbocycles. The second-order valence-electron chi connectivity index (χ2n) is 5.04. The first-order valence-electron chi connectivity index (χ1n) is 6.95. The number of benzene rings is 1. The van der Waals surface area contributed by atoms with Crippen LogP contribution < -0.4 is 5.32 Å². The molecule has 4 aromatic rings. The van der Waals surface area contributed by atoms with Gasteiger partial charge in [0.05, 0.1) is 11.6 Å². The molecule has 0 aliphatic heterocycles. The summed E-state index contributed by atoms with van der Waals surface area (Å²) in [4.78, 5) is 11.4. The molecule has 0 spiro atoms. The number of hydrogen-bond donors (Lipinski definition) is 3. The van der Waals surface area contributed by atoms with E-state index in [1.807, 2.05) is 6.20 Å². The maximum atomic E-state index is 13.2. The number of halogens is 1. The summed E-state index contributed by atoms with van der Waals surface area (Å²) in [5.74, 6) is 0.520. The van der Waals surface area contributed by atoms with Gasteiger partial charge in [0.15, 0.2) is 5.65 Å². The Labute approximate surface area is 124 Å². The minimum Gasteiger partial charge on any atom is -0.369 e. The van der Waals surface area contributed by atoms with Gasteiger partial charge in [0.1, 0.15) is 18.0 Å². The van der Waals surface area contributed by atoms with Crippen molar-refractivity contribution in [3.05, 3.63) is 48.3 Å². The molecule has 0 atom stereocenters. The largest absolute Gasteiger partial charge is 0.369 e. The third kappa shape index (κ3) is 2.16. The Morgan fingerprint density at radius 3 is 3.09 bits per heavy atom. The molecule has 0 aliphatic rings. The maximum absolute atomic E-state index is 13.2. The predicted molar refractivity (Wildman–Crippen MR) is 82.1 cm³/mol. The second kappa shape index (κ2) is 5.10. The van der Waals surface area contributed by atoms with Crippen molar-refractivity contribution >= 4 is 27.8 Å². The topological polar surface area (TPSA) is 82.3 Å². The minimum absolute atomic E-state index is 0.234. The van der Waals surface area contributed by atoms with Crippen LogP contribution in [0.2, 0.25) is 0 Å². The van der Waals surface area contributed by atoms with Crippen molar-refractivity contribution < 1.29 is 4.39 Å². The monoisotopic (exact) mass is 296 g/mol. The standard InChI is InChI=1S/C15H13FN6/c16-10-1-2-11-9(6-18-13(11)5-10)3-4-17-14-12-7-21-22-15(12)20-8-19-14/h1-2,5-8,18H,3-4H2,(H2,17,19,20,21,22). The lowest BCUT2D eigenvalue weighted by Crippen LogP contribution is -2.06. The van der Waals surface area contributed by atoms with Crippen LogP contribution in [0.25, 0.3) is 21.9 Å². The molecule has 0 radical (unpaired) electrons. The molecule has 6 nitrogen and oxygen atoms in total. The molecule has 7 heteroatoms. The Kier molecular flexibility index (Phi) is 2.96. The number of nitrogens with zero attached hydrogens (tertiary/aromatic N) is 3. The normalized spacial score (nSPS) is 11.3. The van der Waals surface area contributed by atoms with Gasteiger partial charge in [0, 0.05) is 23.6 Å². The zero-order valence-electron chi connectivity index (χ0n) is 11.6. The van der Waals surface area contributed by atoms with Crippen molar-refractivity contribution in [2.75, 3.05) is 11.9 Å². The Balaban J connectivity index is 1.51. The van der Waals surface area contributed by atoms with E-state index in [0.29, 0.717) is 12.2 Å². The summed E-state index contributed by atoms with van der Waals surface area (Å²) < 4.78 is 13.2. The second-order valence-corrected chi connectivity index (χ2v) is 5.04. The van der Waals surface area contributed by atoms with Gasteiger partial charge < -0.3 is 10.3 Å². The van der Waals surface area contributed by atoms with E-state index in [4.69, 9.17) is 0 Å². The van der Waals surface area contributed by atoms with Crippen molar-refractivity contribution in [3.63, 3.8) is 0 Å². The van der Waals surface area contributed by atoms with Gasteiger partial charge in [-0.25, -0.2) is 14.4 Å². The third-order valence-electron chi connectivity index (χ3n) is 3.66. The lowest BCUT2D eigenvalue weighted by Gasteiger charge is -2.05. The van der Waals surface area contributed by atoms with Crippen LogP contribution in [0.1, 0.15) is 5.56 Å². The smallest absolute Gasteiger partial charge is 0.160 e. The van der Waals surface area contributed by atoms with E-state index in [0.717, 1.165) is 34.1 Å². The zero-order valence-corrected chi connectivity index (χ0v) is 11.6. The van der Waals surface area contributed by atoms with Crippen LogP contribution in [-0.4, -0.2) is 31.7 Å². The molecule has 0 bridgehead atoms. The van der Waals surface area contributed by atoms with Gasteiger partial charge in [-0.3, -0.25) is 5.10 Å². The number of hydrogen-bond acceptors (Lipinski definition) is 4. The highest BCUT2D eigenvalue weighted by molar-refractivity contribution is 5.85. The summed E-state index contributed by atoms with van der Waals surface area (Å²) in [6, 6.07) is 4.79. The van der Waals surface area contributed by atoms with E-state index in [9.17, 15) is 4.39 Å². The van der Waals surface area contributed by atoms with Crippen LogP contribution in [0.3, 0.4) is 0 Å². The Bertz CT molecular complexity index is 941. The van der Waals surface area contributed by atoms with Gasteiger partial charge in [-0.05, 0) is 30.2 Å². The van der Waals surface area contributed by atoms with E-state index < -0.39 is 0 Å². The van der Waals surface area contributed by atoms with E-state index >= 15 is 0 Å². The summed E-state index contributed by atoms with van der Waals surface area (Å²) in [6.45, 7) is 0.710. The molecule has 110 valence electrons. The van der Waals surface area contributed by atoms with Gasteiger partial charge in [0.25, 0.3) is 0 Å². The Hall–Kier alpha value is -2.96. The SMILES string of the molecule is Fc1ccc2c(CCNc3ncnc4[nH]ncc34)c[nH]c2c1. The summed E-state index contributed by atoms with van der Waals surface area (Å²) in [6.07, 6.45) is 5.91. The van der Waals surface area contributed by atoms with Gasteiger partial charge in [-0.1, -0.05) is 0 Å². The number of aromatic nitrogens is 5. The number of nitrogens with one attached hydrogen (secondary N) is 3. The van der Waals surface area contributed by atoms with Crippen LogP contribution in [0.15, 0.2) is 36.9 Å². The first kappa shape index (κ1) is 12.8. The molecular weight excluding hydrogens is 283 g/mol. The van der Waals surface area contributed by atoms with Crippen LogP contribution >= 0.6 is 0 Å². The van der Waals surface area contributed by atoms with E-state index in [-0.39, 0.29) is 5.82 Å². The molecule has 1 aromatic carbocycles. The maximum Gasteiger partial charge on any atom is 0.160 e. The van der Waals surface area contributed by atoms with Crippen molar-refractivity contribution in [1.29, 1.82) is 0 Å². The molecule has 0 unspecified atom stereocenters. The molecule has 0 amide bonds. The molecule has 3 aromatic heterocycles. The van der Waals surface area contributed by atoms with Crippen LogP contribution in [-0.2, 0) is 6.42 Å². The highest BCUT2D eigenvalue weighted by atomic mass is 19.1. The van der Waals surface area contributed by atoms with E-state index in [2.05, 4.69) is 30.5 Å². The minimum atomic E-state index is -0.234. The Morgan fingerprint density at radius 1 is 1.18 bits per heavy atom. The number of rotatable bonds is 4. The fourth-order valence-electron chi connectivity index (χ4n) is 2.59. The summed E-state index contributed by atoms with van der Waals surface area (Å²) in [5.41, 5.74) is 2.66. The summed E-state index contributed by atoms with van der Waals surface area (Å²) in [5, 5.41) is 12.0. The first-order chi connectivity index (χ1) is 10.8. The van der Waals surface area contributed by atoms with Gasteiger partial charge in [-0.15, -0.1) is 0 Å². The van der Waals surface area contributed by atoms with E-state index in [1.54, 1.807) is 12.3 Å². The quantitative estimate of drug-likeness (QED) is 0.540. The number of anilines is 1. The van der Waals surface area contributed by atoms with Gasteiger partial charge in [0.2, 0.25) is 0 Å². The van der Waals surface area contributed by atoms with Crippen LogP contribution in [0.4, 0.5) is 10.2 Å². The summed E-state index contributed by atoms with van der Waals surface area (Å²) in [7, 11) is 0. The fraction of sp³-hybridized carbons (Fsp3) is 0.133. The van der Waals surface area contributed by atoms with Gasteiger partial charge >= 0.3 is 0 Å². The average molecular weight is 296 g/mol. The molecule has 22 heavy (non-hydrogen) atoms. The molecule has 4 rings (SSSR count). The van der Waals surface area contributed by atoms with Crippen molar-refractivity contribution in [2.45, 2.75) is 6.42 Å². The molecular formula is C15H13FN6. The number of fused-ring (bicyclic) bond motifs is 2. The number of H-pyrrole nitrogens is 2. The van der Waals surface area contributed by atoms with Crippen LogP contribution in [0, 0.1) is 5.82 Å².